The van der Waals surface area contributed by atoms with E-state index in [1.807, 2.05) is 24.5 Å². The molecule has 2 N–H and O–H groups in total. The summed E-state index contributed by atoms with van der Waals surface area (Å²) in [5.74, 6) is 0. The molecule has 0 radical (unpaired) electrons. The predicted molar refractivity (Wildman–Crippen MR) is 59.8 cm³/mol. The van der Waals surface area contributed by atoms with Gasteiger partial charge in [-0.1, -0.05) is 12.8 Å². The van der Waals surface area contributed by atoms with E-state index >= 15 is 0 Å². The maximum Gasteiger partial charge on any atom is 0.325 e. The number of hydrogen-bond acceptors (Lipinski definition) is 1. The topological polar surface area (TPSA) is 62.5 Å². The summed E-state index contributed by atoms with van der Waals surface area (Å²) < 4.78 is 12.7. The summed E-state index contributed by atoms with van der Waals surface area (Å²) >= 11 is 0. The first-order valence-electron chi connectivity index (χ1n) is 5.23. The van der Waals surface area contributed by atoms with Crippen molar-refractivity contribution >= 4 is 7.60 Å². The zero-order valence-corrected chi connectivity index (χ0v) is 9.64. The van der Waals surface area contributed by atoms with Crippen LogP contribution in [0.1, 0.15) is 25.7 Å². The number of aryl methyl sites for hydroxylation is 1. The fraction of sp³-hybridized carbons (Fsp3) is 0.600. The van der Waals surface area contributed by atoms with Crippen LogP contribution in [0.4, 0.5) is 0 Å². The van der Waals surface area contributed by atoms with E-state index in [4.69, 9.17) is 9.79 Å². The van der Waals surface area contributed by atoms with E-state index in [9.17, 15) is 4.57 Å². The Morgan fingerprint density at radius 1 is 1.00 bits per heavy atom. The Kier molecular flexibility index (Phi) is 5.09. The molecule has 1 aromatic rings. The van der Waals surface area contributed by atoms with Crippen molar-refractivity contribution in [3.63, 3.8) is 0 Å². The summed E-state index contributed by atoms with van der Waals surface area (Å²) in [4.78, 5) is 17.3. The maximum absolute atomic E-state index is 10.5. The number of aromatic nitrogens is 1. The molecule has 1 rings (SSSR count). The molecule has 15 heavy (non-hydrogen) atoms. The highest BCUT2D eigenvalue weighted by Gasteiger charge is 2.10. The third-order valence-electron chi connectivity index (χ3n) is 2.28. The second-order valence-corrected chi connectivity index (χ2v) is 5.50. The lowest BCUT2D eigenvalue weighted by atomic mass is 10.2. The Balaban J connectivity index is 1.96. The molecular formula is C10H18NO3P. The first kappa shape index (κ1) is 12.5. The maximum atomic E-state index is 10.5. The lowest BCUT2D eigenvalue weighted by molar-refractivity contribution is 0.370. The Morgan fingerprint density at radius 3 is 2.20 bits per heavy atom. The Morgan fingerprint density at radius 2 is 1.60 bits per heavy atom. The van der Waals surface area contributed by atoms with Crippen molar-refractivity contribution < 1.29 is 14.4 Å². The van der Waals surface area contributed by atoms with Crippen molar-refractivity contribution in [3.8, 4) is 0 Å². The van der Waals surface area contributed by atoms with Gasteiger partial charge in [0.15, 0.2) is 0 Å². The average molecular weight is 231 g/mol. The zero-order valence-electron chi connectivity index (χ0n) is 8.75. The highest BCUT2D eigenvalue weighted by molar-refractivity contribution is 7.51. The average Bonchev–Trinajstić information content (AvgIpc) is 2.61. The van der Waals surface area contributed by atoms with E-state index in [2.05, 4.69) is 4.57 Å². The van der Waals surface area contributed by atoms with Crippen molar-refractivity contribution in [1.29, 1.82) is 0 Å². The van der Waals surface area contributed by atoms with Gasteiger partial charge in [-0.05, 0) is 25.0 Å². The lowest BCUT2D eigenvalue weighted by Gasteiger charge is -2.04. The van der Waals surface area contributed by atoms with Gasteiger partial charge in [0.25, 0.3) is 0 Å². The standard InChI is InChI=1S/C10H18NO3P/c12-15(13,14)10-6-2-1-3-7-11-8-4-5-9-11/h4-5,8-9H,1-3,6-7,10H2,(H2,12,13,14). The third-order valence-corrected chi connectivity index (χ3v) is 3.18. The molecule has 0 fully saturated rings. The van der Waals surface area contributed by atoms with Crippen molar-refractivity contribution in [2.75, 3.05) is 6.16 Å². The molecule has 4 nitrogen and oxygen atoms in total. The Bertz CT molecular complexity index is 304. The van der Waals surface area contributed by atoms with Gasteiger partial charge in [0.2, 0.25) is 0 Å². The van der Waals surface area contributed by atoms with Crippen LogP contribution in [0.25, 0.3) is 0 Å². The molecule has 1 heterocycles. The largest absolute Gasteiger partial charge is 0.354 e. The first-order chi connectivity index (χ1) is 7.08. The van der Waals surface area contributed by atoms with Crippen molar-refractivity contribution in [3.05, 3.63) is 24.5 Å². The Hall–Kier alpha value is -0.570. The summed E-state index contributed by atoms with van der Waals surface area (Å²) in [5, 5.41) is 0. The molecule has 0 saturated carbocycles. The van der Waals surface area contributed by atoms with Crippen LogP contribution < -0.4 is 0 Å². The van der Waals surface area contributed by atoms with E-state index < -0.39 is 7.60 Å². The molecule has 0 aliphatic carbocycles. The molecule has 0 amide bonds. The van der Waals surface area contributed by atoms with Crippen LogP contribution in [0.3, 0.4) is 0 Å². The van der Waals surface area contributed by atoms with Crippen molar-refractivity contribution in [2.24, 2.45) is 0 Å². The molecule has 0 aliphatic heterocycles. The van der Waals surface area contributed by atoms with Gasteiger partial charge >= 0.3 is 7.60 Å². The monoisotopic (exact) mass is 231 g/mol. The SMILES string of the molecule is O=P(O)(O)CCCCCCn1cccc1. The molecule has 0 unspecified atom stereocenters. The van der Waals surface area contributed by atoms with Gasteiger partial charge in [-0.25, -0.2) is 0 Å². The van der Waals surface area contributed by atoms with Crippen LogP contribution in [-0.4, -0.2) is 20.5 Å². The van der Waals surface area contributed by atoms with Crippen LogP contribution in [0, 0.1) is 0 Å². The lowest BCUT2D eigenvalue weighted by Crippen LogP contribution is -1.94. The summed E-state index contributed by atoms with van der Waals surface area (Å²) in [7, 11) is -3.77. The quantitative estimate of drug-likeness (QED) is 0.558. The van der Waals surface area contributed by atoms with E-state index in [0.29, 0.717) is 6.42 Å². The minimum Gasteiger partial charge on any atom is -0.354 e. The van der Waals surface area contributed by atoms with E-state index in [-0.39, 0.29) is 6.16 Å². The summed E-state index contributed by atoms with van der Waals surface area (Å²) in [6.45, 7) is 0.989. The molecule has 86 valence electrons. The molecule has 0 saturated heterocycles. The normalized spacial score (nSPS) is 11.9. The minimum atomic E-state index is -3.77. The highest BCUT2D eigenvalue weighted by Crippen LogP contribution is 2.35. The summed E-state index contributed by atoms with van der Waals surface area (Å²) in [6.07, 6.45) is 7.68. The molecular weight excluding hydrogens is 213 g/mol. The van der Waals surface area contributed by atoms with E-state index in [1.54, 1.807) is 0 Å². The van der Waals surface area contributed by atoms with Crippen LogP contribution >= 0.6 is 7.60 Å². The molecule has 0 bridgehead atoms. The van der Waals surface area contributed by atoms with Gasteiger partial charge in [-0.15, -0.1) is 0 Å². The van der Waals surface area contributed by atoms with Gasteiger partial charge in [0, 0.05) is 25.1 Å². The van der Waals surface area contributed by atoms with Crippen molar-refractivity contribution in [2.45, 2.75) is 32.2 Å². The van der Waals surface area contributed by atoms with Gasteiger partial charge in [-0.3, -0.25) is 4.57 Å². The second kappa shape index (κ2) is 6.11. The Labute approximate surface area is 90.1 Å². The van der Waals surface area contributed by atoms with E-state index in [1.165, 1.54) is 0 Å². The molecule has 5 heteroatoms. The number of hydrogen-bond donors (Lipinski definition) is 2. The van der Waals surface area contributed by atoms with Crippen LogP contribution in [0.15, 0.2) is 24.5 Å². The number of unbranched alkanes of at least 4 members (excludes halogenated alkanes) is 3. The highest BCUT2D eigenvalue weighted by atomic mass is 31.2. The first-order valence-corrected chi connectivity index (χ1v) is 7.03. The van der Waals surface area contributed by atoms with E-state index in [0.717, 1.165) is 25.8 Å². The molecule has 0 aromatic carbocycles. The van der Waals surface area contributed by atoms with Crippen molar-refractivity contribution in [1.82, 2.24) is 4.57 Å². The fourth-order valence-corrected chi connectivity index (χ4v) is 2.12. The van der Waals surface area contributed by atoms with Gasteiger partial charge in [0.05, 0.1) is 0 Å². The zero-order chi connectivity index (χ0) is 11.1. The van der Waals surface area contributed by atoms with Gasteiger partial charge < -0.3 is 14.4 Å². The van der Waals surface area contributed by atoms with Gasteiger partial charge in [-0.2, -0.15) is 0 Å². The summed E-state index contributed by atoms with van der Waals surface area (Å²) in [5.41, 5.74) is 0. The number of rotatable bonds is 7. The fourth-order valence-electron chi connectivity index (χ4n) is 1.48. The second-order valence-electron chi connectivity index (χ2n) is 3.72. The molecule has 0 aliphatic rings. The van der Waals surface area contributed by atoms with Gasteiger partial charge in [0.1, 0.15) is 0 Å². The predicted octanol–water partition coefficient (Wildman–Crippen LogP) is 2.23. The minimum absolute atomic E-state index is 0.0243. The molecule has 0 atom stereocenters. The molecule has 1 aromatic heterocycles. The van der Waals surface area contributed by atoms with Crippen LogP contribution in [-0.2, 0) is 11.1 Å². The smallest absolute Gasteiger partial charge is 0.325 e. The summed E-state index contributed by atoms with van der Waals surface area (Å²) in [6, 6.07) is 3.99. The van der Waals surface area contributed by atoms with Crippen LogP contribution in [0.5, 0.6) is 0 Å². The van der Waals surface area contributed by atoms with Crippen LogP contribution in [0.2, 0.25) is 0 Å². The number of nitrogens with zero attached hydrogens (tertiary/aromatic N) is 1. The molecule has 0 spiro atoms. The third kappa shape index (κ3) is 6.50.